The van der Waals surface area contributed by atoms with Crippen LogP contribution in [0.1, 0.15) is 52.3 Å². The van der Waals surface area contributed by atoms with Crippen LogP contribution in [0.25, 0.3) is 22.6 Å². The lowest BCUT2D eigenvalue weighted by molar-refractivity contribution is -0.175. The van der Waals surface area contributed by atoms with Crippen LogP contribution in [0.3, 0.4) is 0 Å². The van der Waals surface area contributed by atoms with Gasteiger partial charge in [-0.3, -0.25) is 9.78 Å². The molecule has 3 aromatic rings. The minimum atomic E-state index is -4.68. The van der Waals surface area contributed by atoms with E-state index in [0.717, 1.165) is 16.3 Å². The zero-order valence-corrected chi connectivity index (χ0v) is 28.7. The van der Waals surface area contributed by atoms with Crippen LogP contribution in [0.2, 0.25) is 25.7 Å². The minimum absolute atomic E-state index is 0.0387. The fourth-order valence-corrected chi connectivity index (χ4v) is 5.98. The monoisotopic (exact) mass is 662 g/mol. The normalized spacial score (nSPS) is 19.2. The molecule has 0 saturated heterocycles. The molecule has 0 N–H and O–H groups in total. The Bertz CT molecular complexity index is 1440. The van der Waals surface area contributed by atoms with E-state index < -0.39 is 31.1 Å². The molecule has 0 bridgehead atoms. The summed E-state index contributed by atoms with van der Waals surface area (Å²) in [6, 6.07) is 11.8. The summed E-state index contributed by atoms with van der Waals surface area (Å²) >= 11 is 0. The topological polar surface area (TPSA) is 97.6 Å². The van der Waals surface area contributed by atoms with Gasteiger partial charge in [-0.1, -0.05) is 19.6 Å². The number of rotatable bonds is 12. The molecule has 46 heavy (non-hydrogen) atoms. The molecule has 0 amide bonds. The molecule has 0 aliphatic heterocycles. The van der Waals surface area contributed by atoms with Gasteiger partial charge < -0.3 is 18.9 Å². The largest absolute Gasteiger partial charge is 0.490 e. The van der Waals surface area contributed by atoms with E-state index in [4.69, 9.17) is 18.9 Å². The first kappa shape index (κ1) is 35.6. The van der Waals surface area contributed by atoms with Gasteiger partial charge >= 0.3 is 12.1 Å². The molecule has 4 rings (SSSR count). The molecule has 1 fully saturated rings. The van der Waals surface area contributed by atoms with Crippen molar-refractivity contribution in [1.82, 2.24) is 19.7 Å². The van der Waals surface area contributed by atoms with E-state index in [9.17, 15) is 18.0 Å². The van der Waals surface area contributed by atoms with Crippen molar-refractivity contribution in [3.63, 3.8) is 0 Å². The standard InChI is InChI=1S/C33H45F3N4O5Si/c1-31(2,3)45-30(41)32(21-42-4)16-14-26(15-17-32)44-25-11-8-23(9-12-25)27-13-10-24(20-37-27)28-38-29(33(34,35)36)39-40(28)22-43-18-19-46(5,6)7/h8-13,20,26H,14-19,21-22H2,1-7H3/t26-,32-. The van der Waals surface area contributed by atoms with Crippen LogP contribution < -0.4 is 4.74 Å². The van der Waals surface area contributed by atoms with Crippen LogP contribution >= 0.6 is 0 Å². The van der Waals surface area contributed by atoms with E-state index in [1.165, 1.54) is 6.20 Å². The van der Waals surface area contributed by atoms with Crippen molar-refractivity contribution in [2.45, 2.75) is 96.8 Å². The van der Waals surface area contributed by atoms with Gasteiger partial charge in [-0.05, 0) is 88.9 Å². The maximum Gasteiger partial charge on any atom is 0.453 e. The molecule has 1 saturated carbocycles. The van der Waals surface area contributed by atoms with Gasteiger partial charge in [-0.15, -0.1) is 5.10 Å². The number of pyridine rings is 1. The number of hydrogen-bond donors (Lipinski definition) is 0. The molecule has 1 aliphatic rings. The van der Waals surface area contributed by atoms with Gasteiger partial charge in [-0.25, -0.2) is 9.67 Å². The number of nitrogens with zero attached hydrogens (tertiary/aromatic N) is 4. The lowest BCUT2D eigenvalue weighted by Crippen LogP contribution is -2.45. The second-order valence-electron chi connectivity index (χ2n) is 14.1. The first-order chi connectivity index (χ1) is 21.5. The minimum Gasteiger partial charge on any atom is -0.490 e. The highest BCUT2D eigenvalue weighted by Gasteiger charge is 2.45. The fraction of sp³-hybridized carbons (Fsp3) is 0.576. The third-order valence-electron chi connectivity index (χ3n) is 7.75. The zero-order valence-electron chi connectivity index (χ0n) is 27.7. The Morgan fingerprint density at radius 3 is 2.22 bits per heavy atom. The predicted octanol–water partition coefficient (Wildman–Crippen LogP) is 7.63. The summed E-state index contributed by atoms with van der Waals surface area (Å²) in [5.74, 6) is -0.710. The zero-order chi connectivity index (χ0) is 33.8. The van der Waals surface area contributed by atoms with Crippen molar-refractivity contribution in [3.8, 4) is 28.4 Å². The molecule has 252 valence electrons. The Morgan fingerprint density at radius 1 is 1.02 bits per heavy atom. The van der Waals surface area contributed by atoms with Crippen molar-refractivity contribution in [1.29, 1.82) is 0 Å². The molecule has 2 aromatic heterocycles. The maximum atomic E-state index is 13.4. The number of halogens is 3. The molecule has 9 nitrogen and oxygen atoms in total. The summed E-state index contributed by atoms with van der Waals surface area (Å²) in [6.45, 7) is 12.8. The highest BCUT2D eigenvalue weighted by atomic mass is 28.3. The van der Waals surface area contributed by atoms with E-state index >= 15 is 0 Å². The van der Waals surface area contributed by atoms with Crippen LogP contribution in [0.15, 0.2) is 42.6 Å². The summed E-state index contributed by atoms with van der Waals surface area (Å²) in [7, 11) is 0.240. The molecular formula is C33H45F3N4O5Si. The number of methoxy groups -OCH3 is 1. The van der Waals surface area contributed by atoms with E-state index in [0.29, 0.717) is 55.9 Å². The first-order valence-corrected chi connectivity index (χ1v) is 19.2. The number of carbonyl (C=O) groups is 1. The van der Waals surface area contributed by atoms with E-state index in [1.54, 1.807) is 19.2 Å². The fourth-order valence-electron chi connectivity index (χ4n) is 5.22. The van der Waals surface area contributed by atoms with Crippen LogP contribution in [0, 0.1) is 5.41 Å². The molecular weight excluding hydrogens is 617 g/mol. The van der Waals surface area contributed by atoms with Crippen LogP contribution in [-0.4, -0.2) is 65.8 Å². The van der Waals surface area contributed by atoms with Gasteiger partial charge in [-0.2, -0.15) is 13.2 Å². The third kappa shape index (κ3) is 9.61. The maximum absolute atomic E-state index is 13.4. The Labute approximate surface area is 269 Å². The average Bonchev–Trinajstić information content (AvgIpc) is 3.41. The molecule has 0 spiro atoms. The number of esters is 1. The van der Waals surface area contributed by atoms with Crippen LogP contribution in [0.5, 0.6) is 5.75 Å². The Hall–Kier alpha value is -3.29. The van der Waals surface area contributed by atoms with Crippen molar-refractivity contribution in [3.05, 3.63) is 48.4 Å². The molecule has 2 heterocycles. The number of alkyl halides is 3. The number of aromatic nitrogens is 4. The van der Waals surface area contributed by atoms with Crippen molar-refractivity contribution in [2.24, 2.45) is 5.41 Å². The molecule has 0 radical (unpaired) electrons. The predicted molar refractivity (Wildman–Crippen MR) is 171 cm³/mol. The van der Waals surface area contributed by atoms with Gasteiger partial charge in [0, 0.05) is 39.1 Å². The summed E-state index contributed by atoms with van der Waals surface area (Å²) in [5.41, 5.74) is 0.613. The van der Waals surface area contributed by atoms with Crippen molar-refractivity contribution < 1.29 is 36.9 Å². The number of ether oxygens (including phenoxy) is 4. The van der Waals surface area contributed by atoms with Crippen molar-refractivity contribution >= 4 is 14.0 Å². The Morgan fingerprint density at radius 2 is 1.67 bits per heavy atom. The van der Waals surface area contributed by atoms with Crippen molar-refractivity contribution in [2.75, 3.05) is 20.3 Å². The van der Waals surface area contributed by atoms with Gasteiger partial charge in [0.1, 0.15) is 18.1 Å². The Kier molecular flexibility index (Phi) is 11.0. The molecule has 13 heteroatoms. The summed E-state index contributed by atoms with van der Waals surface area (Å²) in [6.07, 6.45) is -0.641. The SMILES string of the molecule is COC[C@]1(C(=O)OC(C)(C)C)CC[C@H](Oc2ccc(-c3ccc(-c4nc(C(F)(F)F)nn4COCC[Si](C)(C)C)cn3)cc2)CC1. The van der Waals surface area contributed by atoms with Gasteiger partial charge in [0.2, 0.25) is 0 Å². The number of carbonyl (C=O) groups excluding carboxylic acids is 1. The average molecular weight is 663 g/mol. The lowest BCUT2D eigenvalue weighted by Gasteiger charge is -2.39. The molecule has 1 aromatic carbocycles. The van der Waals surface area contributed by atoms with Gasteiger partial charge in [0.05, 0.1) is 23.8 Å². The van der Waals surface area contributed by atoms with Crippen LogP contribution in [-0.2, 0) is 31.9 Å². The lowest BCUT2D eigenvalue weighted by atomic mass is 9.73. The quantitative estimate of drug-likeness (QED) is 0.111. The summed E-state index contributed by atoms with van der Waals surface area (Å²) in [4.78, 5) is 21.3. The second kappa shape index (κ2) is 14.2. The second-order valence-corrected chi connectivity index (χ2v) is 19.7. The molecule has 0 unspecified atom stereocenters. The Balaban J connectivity index is 1.40. The third-order valence-corrected chi connectivity index (χ3v) is 9.46. The van der Waals surface area contributed by atoms with E-state index in [-0.39, 0.29) is 24.6 Å². The summed E-state index contributed by atoms with van der Waals surface area (Å²) in [5, 5.41) is 3.67. The number of hydrogen-bond acceptors (Lipinski definition) is 8. The van der Waals surface area contributed by atoms with Gasteiger partial charge in [0.15, 0.2) is 5.82 Å². The van der Waals surface area contributed by atoms with E-state index in [2.05, 4.69) is 34.7 Å². The smallest absolute Gasteiger partial charge is 0.453 e. The molecule has 0 atom stereocenters. The summed E-state index contributed by atoms with van der Waals surface area (Å²) < 4.78 is 64.5. The highest BCUT2D eigenvalue weighted by molar-refractivity contribution is 6.76. The van der Waals surface area contributed by atoms with E-state index in [1.807, 2.05) is 45.0 Å². The van der Waals surface area contributed by atoms with Gasteiger partial charge in [0.25, 0.3) is 5.82 Å². The molecule has 1 aliphatic carbocycles. The van der Waals surface area contributed by atoms with Crippen LogP contribution in [0.4, 0.5) is 13.2 Å². The first-order valence-electron chi connectivity index (χ1n) is 15.5. The highest BCUT2D eigenvalue weighted by Crippen LogP contribution is 2.40. The number of benzene rings is 1.